The maximum atomic E-state index is 14.0. The molecule has 0 aliphatic carbocycles. The van der Waals surface area contributed by atoms with E-state index in [0.717, 1.165) is 0 Å². The maximum absolute atomic E-state index is 14.0. The molecule has 2 aromatic carbocycles. The van der Waals surface area contributed by atoms with Crippen LogP contribution in [0.4, 0.5) is 10.1 Å². The Morgan fingerprint density at radius 3 is 2.76 bits per heavy atom. The number of anilines is 1. The third kappa shape index (κ3) is 3.44. The molecule has 25 heavy (non-hydrogen) atoms. The highest BCUT2D eigenvalue weighted by atomic mass is 35.5. The molecule has 5 nitrogen and oxygen atoms in total. The smallest absolute Gasteiger partial charge is 0.262 e. The summed E-state index contributed by atoms with van der Waals surface area (Å²) in [6.07, 6.45) is -1.04. The first-order valence-electron chi connectivity index (χ1n) is 7.71. The molecule has 0 bridgehead atoms. The average molecular weight is 363 g/mol. The largest absolute Gasteiger partial charge is 0.477 e. The molecule has 0 fully saturated rings. The van der Waals surface area contributed by atoms with E-state index in [4.69, 9.17) is 16.3 Å². The molecule has 2 aromatic rings. The van der Waals surface area contributed by atoms with Crippen LogP contribution in [0.25, 0.3) is 0 Å². The number of nitrogens with one attached hydrogen (secondary N) is 1. The molecule has 0 saturated carbocycles. The number of halogens is 2. The van der Waals surface area contributed by atoms with Gasteiger partial charge in [-0.2, -0.15) is 0 Å². The van der Waals surface area contributed by atoms with E-state index in [1.54, 1.807) is 24.3 Å². The van der Waals surface area contributed by atoms with Gasteiger partial charge in [0.2, 0.25) is 5.91 Å². The summed E-state index contributed by atoms with van der Waals surface area (Å²) < 4.78 is 19.6. The summed E-state index contributed by atoms with van der Waals surface area (Å²) in [6.45, 7) is 0.0432. The van der Waals surface area contributed by atoms with Crippen molar-refractivity contribution in [3.63, 3.8) is 0 Å². The lowest BCUT2D eigenvalue weighted by Gasteiger charge is -2.34. The predicted molar refractivity (Wildman–Crippen MR) is 92.4 cm³/mol. The van der Waals surface area contributed by atoms with Crippen molar-refractivity contribution in [1.82, 2.24) is 5.32 Å². The Kier molecular flexibility index (Phi) is 4.90. The van der Waals surface area contributed by atoms with Gasteiger partial charge in [0.15, 0.2) is 6.10 Å². The Morgan fingerprint density at radius 1 is 1.28 bits per heavy atom. The van der Waals surface area contributed by atoms with Crippen molar-refractivity contribution >= 4 is 29.1 Å². The van der Waals surface area contributed by atoms with Crippen molar-refractivity contribution in [1.29, 1.82) is 0 Å². The number of rotatable bonds is 3. The van der Waals surface area contributed by atoms with Crippen LogP contribution >= 0.6 is 11.6 Å². The zero-order valence-electron chi connectivity index (χ0n) is 13.5. The van der Waals surface area contributed by atoms with Crippen molar-refractivity contribution in [2.24, 2.45) is 0 Å². The molecule has 1 heterocycles. The molecule has 1 aliphatic heterocycles. The second-order valence-electron chi connectivity index (χ2n) is 5.57. The monoisotopic (exact) mass is 362 g/mol. The van der Waals surface area contributed by atoms with Crippen LogP contribution in [-0.4, -0.2) is 31.5 Å². The lowest BCUT2D eigenvalue weighted by atomic mass is 10.1. The number of hydrogen-bond acceptors (Lipinski definition) is 3. The number of hydrogen-bond donors (Lipinski definition) is 1. The van der Waals surface area contributed by atoms with Crippen LogP contribution in [0.15, 0.2) is 42.5 Å². The second kappa shape index (κ2) is 7.11. The first-order chi connectivity index (χ1) is 12.0. The molecule has 0 spiro atoms. The number of fused-ring (bicyclic) bond motifs is 1. The van der Waals surface area contributed by atoms with Gasteiger partial charge in [-0.3, -0.25) is 9.59 Å². The number of amides is 2. The Hall–Kier alpha value is -2.60. The predicted octanol–water partition coefficient (Wildman–Crippen LogP) is 2.56. The van der Waals surface area contributed by atoms with Gasteiger partial charge in [0.1, 0.15) is 11.6 Å². The third-order valence-electron chi connectivity index (χ3n) is 4.00. The summed E-state index contributed by atoms with van der Waals surface area (Å²) >= 11 is 6.01. The van der Waals surface area contributed by atoms with E-state index in [1.165, 1.54) is 30.1 Å². The molecule has 0 unspecified atom stereocenters. The van der Waals surface area contributed by atoms with Gasteiger partial charge in [-0.15, -0.1) is 0 Å². The fraction of sp³-hybridized carbons (Fsp3) is 0.222. The number of likely N-dealkylation sites (N-methyl/N-ethyl adjacent to an activating group) is 1. The normalized spacial score (nSPS) is 16.0. The van der Waals surface area contributed by atoms with Crippen molar-refractivity contribution in [3.8, 4) is 5.75 Å². The Bertz CT molecular complexity index is 807. The summed E-state index contributed by atoms with van der Waals surface area (Å²) in [7, 11) is 1.50. The van der Waals surface area contributed by atoms with Crippen molar-refractivity contribution in [3.05, 3.63) is 58.9 Å². The maximum Gasteiger partial charge on any atom is 0.262 e. The molecule has 130 valence electrons. The van der Waals surface area contributed by atoms with E-state index in [-0.39, 0.29) is 35.4 Å². The van der Waals surface area contributed by atoms with Crippen molar-refractivity contribution in [2.75, 3.05) is 18.5 Å². The van der Waals surface area contributed by atoms with Gasteiger partial charge in [0.05, 0.1) is 18.7 Å². The van der Waals surface area contributed by atoms with Crippen LogP contribution in [0.2, 0.25) is 5.02 Å². The SMILES string of the molecule is CNC(=O)[C@@H]1CN(C(=O)Cc2c(F)cccc2Cl)c2ccccc2O1. The Morgan fingerprint density at radius 2 is 2.04 bits per heavy atom. The highest BCUT2D eigenvalue weighted by Gasteiger charge is 2.33. The first-order valence-corrected chi connectivity index (χ1v) is 8.09. The minimum Gasteiger partial charge on any atom is -0.477 e. The molecular formula is C18H16ClFN2O3. The van der Waals surface area contributed by atoms with Crippen LogP contribution in [0.1, 0.15) is 5.56 Å². The number of carbonyl (C=O) groups excluding carboxylic acids is 2. The second-order valence-corrected chi connectivity index (χ2v) is 5.98. The third-order valence-corrected chi connectivity index (χ3v) is 4.36. The highest BCUT2D eigenvalue weighted by molar-refractivity contribution is 6.31. The number of para-hydroxylation sites is 2. The molecule has 3 rings (SSSR count). The zero-order chi connectivity index (χ0) is 18.0. The molecular weight excluding hydrogens is 347 g/mol. The lowest BCUT2D eigenvalue weighted by Crippen LogP contribution is -2.50. The number of ether oxygens (including phenoxy) is 1. The minimum atomic E-state index is -0.833. The van der Waals surface area contributed by atoms with Crippen molar-refractivity contribution < 1.29 is 18.7 Å². The number of benzene rings is 2. The van der Waals surface area contributed by atoms with E-state index in [0.29, 0.717) is 11.4 Å². The van der Waals surface area contributed by atoms with E-state index < -0.39 is 11.9 Å². The van der Waals surface area contributed by atoms with E-state index in [2.05, 4.69) is 5.32 Å². The molecule has 0 aromatic heterocycles. The van der Waals surface area contributed by atoms with Crippen LogP contribution < -0.4 is 15.0 Å². The first kappa shape index (κ1) is 17.2. The lowest BCUT2D eigenvalue weighted by molar-refractivity contribution is -0.127. The minimum absolute atomic E-state index is 0.0432. The van der Waals surface area contributed by atoms with Gasteiger partial charge in [-0.1, -0.05) is 29.8 Å². The summed E-state index contributed by atoms with van der Waals surface area (Å²) in [4.78, 5) is 26.2. The van der Waals surface area contributed by atoms with Gasteiger partial charge in [0.25, 0.3) is 5.91 Å². The van der Waals surface area contributed by atoms with Crippen LogP contribution in [0.5, 0.6) is 5.75 Å². The molecule has 7 heteroatoms. The fourth-order valence-corrected chi connectivity index (χ4v) is 2.95. The Labute approximate surface area is 149 Å². The average Bonchev–Trinajstić information content (AvgIpc) is 2.63. The fourth-order valence-electron chi connectivity index (χ4n) is 2.72. The molecule has 1 aliphatic rings. The summed E-state index contributed by atoms with van der Waals surface area (Å²) in [5.41, 5.74) is 0.676. The van der Waals surface area contributed by atoms with E-state index in [9.17, 15) is 14.0 Å². The van der Waals surface area contributed by atoms with Crippen LogP contribution in [0, 0.1) is 5.82 Å². The van der Waals surface area contributed by atoms with Gasteiger partial charge < -0.3 is 15.0 Å². The Balaban J connectivity index is 1.91. The molecule has 2 amide bonds. The van der Waals surface area contributed by atoms with Gasteiger partial charge >= 0.3 is 0 Å². The van der Waals surface area contributed by atoms with Gasteiger partial charge in [0, 0.05) is 17.6 Å². The van der Waals surface area contributed by atoms with Crippen LogP contribution in [0.3, 0.4) is 0 Å². The topological polar surface area (TPSA) is 58.6 Å². The zero-order valence-corrected chi connectivity index (χ0v) is 14.2. The standard InChI is InChI=1S/C18H16ClFN2O3/c1-21-18(24)16-10-22(14-7-2-3-8-15(14)25-16)17(23)9-11-12(19)5-4-6-13(11)20/h2-8,16H,9-10H2,1H3,(H,21,24)/t16-/m0/s1. The van der Waals surface area contributed by atoms with Gasteiger partial charge in [-0.25, -0.2) is 4.39 Å². The van der Waals surface area contributed by atoms with E-state index in [1.807, 2.05) is 0 Å². The van der Waals surface area contributed by atoms with Crippen LogP contribution in [-0.2, 0) is 16.0 Å². The van der Waals surface area contributed by atoms with Crippen molar-refractivity contribution in [2.45, 2.75) is 12.5 Å². The van der Waals surface area contributed by atoms with Gasteiger partial charge in [-0.05, 0) is 24.3 Å². The quantitative estimate of drug-likeness (QED) is 0.913. The highest BCUT2D eigenvalue weighted by Crippen LogP contribution is 2.34. The summed E-state index contributed by atoms with van der Waals surface area (Å²) in [5, 5.41) is 2.70. The molecule has 1 atom stereocenters. The molecule has 1 N–H and O–H groups in total. The van der Waals surface area contributed by atoms with E-state index >= 15 is 0 Å². The molecule has 0 radical (unpaired) electrons. The number of nitrogens with zero attached hydrogens (tertiary/aromatic N) is 1. The summed E-state index contributed by atoms with van der Waals surface area (Å²) in [5.74, 6) is -0.812. The molecule has 0 saturated heterocycles. The summed E-state index contributed by atoms with van der Waals surface area (Å²) in [6, 6.07) is 11.2. The number of carbonyl (C=O) groups is 2.